The molecular weight excluding hydrogens is 442 g/mol. The average Bonchev–Trinajstić information content (AvgIpc) is 2.85. The highest BCUT2D eigenvalue weighted by Gasteiger charge is 2.29. The molecule has 0 radical (unpaired) electrons. The summed E-state index contributed by atoms with van der Waals surface area (Å²) in [5, 5.41) is 0. The Morgan fingerprint density at radius 3 is 2.27 bits per heavy atom. The zero-order valence-electron chi connectivity index (χ0n) is 19.2. The second kappa shape index (κ2) is 10.2. The molecule has 0 unspecified atom stereocenters. The van der Waals surface area contributed by atoms with Crippen LogP contribution in [-0.4, -0.2) is 83.2 Å². The number of ether oxygens (including phenoxy) is 2. The van der Waals surface area contributed by atoms with Gasteiger partial charge in [-0.3, -0.25) is 4.79 Å². The smallest absolute Gasteiger partial charge is 0.256 e. The van der Waals surface area contributed by atoms with Gasteiger partial charge in [-0.2, -0.15) is 4.31 Å². The molecule has 1 amide bonds. The first kappa shape index (κ1) is 23.7. The summed E-state index contributed by atoms with van der Waals surface area (Å²) in [7, 11) is -1.97. The fourth-order valence-electron chi connectivity index (χ4n) is 4.18. The highest BCUT2D eigenvalue weighted by Crippen LogP contribution is 2.28. The second-order valence-corrected chi connectivity index (χ2v) is 10.3. The van der Waals surface area contributed by atoms with Crippen molar-refractivity contribution in [3.05, 3.63) is 59.2 Å². The van der Waals surface area contributed by atoms with E-state index in [4.69, 9.17) is 9.47 Å². The molecule has 0 aromatic heterocycles. The summed E-state index contributed by atoms with van der Waals surface area (Å²) in [5.74, 6) is -0.209. The summed E-state index contributed by atoms with van der Waals surface area (Å²) >= 11 is 0. The van der Waals surface area contributed by atoms with Gasteiger partial charge >= 0.3 is 0 Å². The second-order valence-electron chi connectivity index (χ2n) is 8.38. The summed E-state index contributed by atoms with van der Waals surface area (Å²) < 4.78 is 38.7. The van der Waals surface area contributed by atoms with E-state index in [-0.39, 0.29) is 10.8 Å². The molecule has 2 aromatic rings. The maximum absolute atomic E-state index is 13.6. The van der Waals surface area contributed by atoms with Crippen LogP contribution in [0.25, 0.3) is 0 Å². The SMILES string of the molecule is Cc1ccccc1CN(C)C(=O)c1cc(S(=O)(=O)N2CCOCC2)ccc1N1CCOCC1. The van der Waals surface area contributed by atoms with Crippen molar-refractivity contribution in [1.82, 2.24) is 9.21 Å². The number of carbonyl (C=O) groups excluding carboxylic acids is 1. The van der Waals surface area contributed by atoms with E-state index in [9.17, 15) is 13.2 Å². The number of morpholine rings is 2. The number of hydrogen-bond acceptors (Lipinski definition) is 6. The van der Waals surface area contributed by atoms with Crippen LogP contribution < -0.4 is 4.90 Å². The Labute approximate surface area is 195 Å². The van der Waals surface area contributed by atoms with Crippen molar-refractivity contribution in [1.29, 1.82) is 0 Å². The van der Waals surface area contributed by atoms with E-state index >= 15 is 0 Å². The Morgan fingerprint density at radius 2 is 1.61 bits per heavy atom. The minimum absolute atomic E-state index is 0.133. The average molecular weight is 474 g/mol. The Morgan fingerprint density at radius 1 is 0.970 bits per heavy atom. The van der Waals surface area contributed by atoms with E-state index in [0.29, 0.717) is 64.7 Å². The minimum Gasteiger partial charge on any atom is -0.379 e. The van der Waals surface area contributed by atoms with E-state index in [1.165, 1.54) is 10.4 Å². The lowest BCUT2D eigenvalue weighted by Gasteiger charge is -2.32. The molecule has 0 saturated carbocycles. The van der Waals surface area contributed by atoms with Crippen LogP contribution in [0.4, 0.5) is 5.69 Å². The van der Waals surface area contributed by atoms with Gasteiger partial charge in [0.15, 0.2) is 0 Å². The van der Waals surface area contributed by atoms with Gasteiger partial charge in [0, 0.05) is 45.5 Å². The van der Waals surface area contributed by atoms with Crippen molar-refractivity contribution in [2.75, 3.05) is 64.6 Å². The number of rotatable bonds is 6. The van der Waals surface area contributed by atoms with Crippen molar-refractivity contribution in [3.8, 4) is 0 Å². The lowest BCUT2D eigenvalue weighted by atomic mass is 10.1. The molecule has 0 bridgehead atoms. The summed E-state index contributed by atoms with van der Waals surface area (Å²) in [6, 6.07) is 12.8. The molecule has 8 nitrogen and oxygen atoms in total. The molecule has 2 saturated heterocycles. The number of hydrogen-bond donors (Lipinski definition) is 0. The summed E-state index contributed by atoms with van der Waals surface area (Å²) in [6.45, 7) is 6.26. The summed E-state index contributed by atoms with van der Waals surface area (Å²) in [6.07, 6.45) is 0. The molecule has 2 heterocycles. The molecule has 2 aliphatic heterocycles. The molecule has 9 heteroatoms. The fraction of sp³-hybridized carbons (Fsp3) is 0.458. The van der Waals surface area contributed by atoms with Gasteiger partial charge in [-0.25, -0.2) is 8.42 Å². The third-order valence-corrected chi connectivity index (χ3v) is 8.07. The molecule has 0 aliphatic carbocycles. The van der Waals surface area contributed by atoms with Gasteiger partial charge in [0.05, 0.1) is 36.9 Å². The van der Waals surface area contributed by atoms with Crippen LogP contribution in [0.15, 0.2) is 47.4 Å². The first-order valence-electron chi connectivity index (χ1n) is 11.2. The zero-order chi connectivity index (χ0) is 23.4. The van der Waals surface area contributed by atoms with E-state index in [0.717, 1.165) is 16.8 Å². The number of amides is 1. The van der Waals surface area contributed by atoms with Gasteiger partial charge in [-0.05, 0) is 36.2 Å². The molecule has 2 fully saturated rings. The number of anilines is 1. The normalized spacial score (nSPS) is 17.7. The number of nitrogens with zero attached hydrogens (tertiary/aromatic N) is 3. The number of sulfonamides is 1. The number of carbonyl (C=O) groups is 1. The van der Waals surface area contributed by atoms with Crippen LogP contribution in [0.2, 0.25) is 0 Å². The Hall–Kier alpha value is -2.46. The minimum atomic E-state index is -3.72. The lowest BCUT2D eigenvalue weighted by Crippen LogP contribution is -2.41. The molecule has 0 atom stereocenters. The first-order valence-corrected chi connectivity index (χ1v) is 12.7. The van der Waals surface area contributed by atoms with E-state index in [1.807, 2.05) is 31.2 Å². The molecular formula is C24H31N3O5S. The molecule has 4 rings (SSSR count). The maximum Gasteiger partial charge on any atom is 0.256 e. The molecule has 2 aromatic carbocycles. The summed E-state index contributed by atoms with van der Waals surface area (Å²) in [4.78, 5) is 17.5. The topological polar surface area (TPSA) is 79.4 Å². The zero-order valence-corrected chi connectivity index (χ0v) is 20.0. The predicted molar refractivity (Wildman–Crippen MR) is 126 cm³/mol. The van der Waals surface area contributed by atoms with Crippen molar-refractivity contribution in [3.63, 3.8) is 0 Å². The van der Waals surface area contributed by atoms with Crippen LogP contribution in [0.3, 0.4) is 0 Å². The molecule has 178 valence electrons. The number of benzene rings is 2. The van der Waals surface area contributed by atoms with Crippen LogP contribution in [-0.2, 0) is 26.0 Å². The van der Waals surface area contributed by atoms with Crippen molar-refractivity contribution in [2.45, 2.75) is 18.4 Å². The molecule has 0 spiro atoms. The van der Waals surface area contributed by atoms with Crippen LogP contribution in [0.5, 0.6) is 0 Å². The number of aryl methyl sites for hydroxylation is 1. The van der Waals surface area contributed by atoms with Gasteiger partial charge < -0.3 is 19.3 Å². The fourth-order valence-corrected chi connectivity index (χ4v) is 5.62. The van der Waals surface area contributed by atoms with Crippen molar-refractivity contribution >= 4 is 21.6 Å². The monoisotopic (exact) mass is 473 g/mol. The lowest BCUT2D eigenvalue weighted by molar-refractivity contribution is 0.0730. The third kappa shape index (κ3) is 5.22. The molecule has 33 heavy (non-hydrogen) atoms. The van der Waals surface area contributed by atoms with E-state index in [1.54, 1.807) is 24.1 Å². The Balaban J connectivity index is 1.68. The highest BCUT2D eigenvalue weighted by molar-refractivity contribution is 7.89. The standard InChI is InChI=1S/C24H31N3O5S/c1-19-5-3-4-6-20(19)18-25(2)24(28)22-17-21(33(29,30)27-11-15-32-16-12-27)7-8-23(22)26-9-13-31-14-10-26/h3-8,17H,9-16,18H2,1-2H3. The third-order valence-electron chi connectivity index (χ3n) is 6.17. The molecule has 0 N–H and O–H groups in total. The van der Waals surface area contributed by atoms with Crippen molar-refractivity contribution < 1.29 is 22.7 Å². The van der Waals surface area contributed by atoms with Crippen LogP contribution >= 0.6 is 0 Å². The van der Waals surface area contributed by atoms with Crippen LogP contribution in [0.1, 0.15) is 21.5 Å². The Bertz CT molecular complexity index is 1090. The van der Waals surface area contributed by atoms with Gasteiger partial charge in [0.2, 0.25) is 10.0 Å². The van der Waals surface area contributed by atoms with Gasteiger partial charge in [-0.1, -0.05) is 24.3 Å². The van der Waals surface area contributed by atoms with Gasteiger partial charge in [0.25, 0.3) is 5.91 Å². The Kier molecular flexibility index (Phi) is 7.33. The van der Waals surface area contributed by atoms with Gasteiger partial charge in [-0.15, -0.1) is 0 Å². The van der Waals surface area contributed by atoms with Crippen molar-refractivity contribution in [2.24, 2.45) is 0 Å². The quantitative estimate of drug-likeness (QED) is 0.640. The molecule has 2 aliphatic rings. The van der Waals surface area contributed by atoms with Crippen LogP contribution in [0, 0.1) is 6.92 Å². The predicted octanol–water partition coefficient (Wildman–Crippen LogP) is 2.12. The largest absolute Gasteiger partial charge is 0.379 e. The maximum atomic E-state index is 13.6. The highest BCUT2D eigenvalue weighted by atomic mass is 32.2. The first-order chi connectivity index (χ1) is 15.9. The van der Waals surface area contributed by atoms with E-state index in [2.05, 4.69) is 4.90 Å². The van der Waals surface area contributed by atoms with E-state index < -0.39 is 10.0 Å². The summed E-state index contributed by atoms with van der Waals surface area (Å²) in [5.41, 5.74) is 3.29. The van der Waals surface area contributed by atoms with Gasteiger partial charge in [0.1, 0.15) is 0 Å².